The van der Waals surface area contributed by atoms with Gasteiger partial charge in [-0.2, -0.15) is 5.10 Å². The Labute approximate surface area is 187 Å². The fourth-order valence-corrected chi connectivity index (χ4v) is 2.99. The molecule has 2 rings (SSSR count). The molecule has 0 fully saturated rings. The van der Waals surface area contributed by atoms with Crippen molar-refractivity contribution in [1.29, 1.82) is 0 Å². The first-order valence-corrected chi connectivity index (χ1v) is 10.1. The third kappa shape index (κ3) is 7.46. The molecule has 0 aliphatic carbocycles. The number of benzene rings is 2. The smallest absolute Gasteiger partial charge is 0.341 e. The van der Waals surface area contributed by atoms with Crippen molar-refractivity contribution in [1.82, 2.24) is 5.43 Å². The van der Waals surface area contributed by atoms with Gasteiger partial charge in [0.1, 0.15) is 5.75 Å². The Morgan fingerprint density at radius 1 is 1.16 bits per heavy atom. The van der Waals surface area contributed by atoms with Gasteiger partial charge in [0.25, 0.3) is 5.91 Å². The Morgan fingerprint density at radius 2 is 1.94 bits per heavy atom. The van der Waals surface area contributed by atoms with Crippen molar-refractivity contribution in [2.24, 2.45) is 5.10 Å². The summed E-state index contributed by atoms with van der Waals surface area (Å²) < 4.78 is 16.3. The van der Waals surface area contributed by atoms with Gasteiger partial charge in [-0.05, 0) is 60.7 Å². The van der Waals surface area contributed by atoms with Gasteiger partial charge in [-0.15, -0.1) is 6.58 Å². The first-order valence-electron chi connectivity index (χ1n) is 10.1. The van der Waals surface area contributed by atoms with Crippen LogP contribution in [0.1, 0.15) is 29.2 Å². The van der Waals surface area contributed by atoms with Crippen molar-refractivity contribution in [2.75, 3.05) is 20.3 Å². The summed E-state index contributed by atoms with van der Waals surface area (Å²) in [5, 5.41) is 12.8. The topological polar surface area (TPSA) is 106 Å². The summed E-state index contributed by atoms with van der Waals surface area (Å²) in [5.74, 6) is -0.178. The first kappa shape index (κ1) is 24.5. The van der Waals surface area contributed by atoms with E-state index in [-0.39, 0.29) is 6.61 Å². The molecule has 2 aromatic carbocycles. The van der Waals surface area contributed by atoms with Gasteiger partial charge in [0, 0.05) is 5.56 Å². The normalized spacial score (nSPS) is 10.6. The van der Waals surface area contributed by atoms with Crippen molar-refractivity contribution >= 4 is 18.1 Å². The summed E-state index contributed by atoms with van der Waals surface area (Å²) in [7, 11) is 1.45. The summed E-state index contributed by atoms with van der Waals surface area (Å²) in [6.07, 6.45) is 4.43. The average Bonchev–Trinajstić information content (AvgIpc) is 2.76. The zero-order valence-electron chi connectivity index (χ0n) is 18.5. The molecule has 0 heterocycles. The van der Waals surface area contributed by atoms with Crippen LogP contribution in [0.5, 0.6) is 17.2 Å². The summed E-state index contributed by atoms with van der Waals surface area (Å²) in [4.78, 5) is 22.9. The minimum atomic E-state index is -1.09. The standard InChI is InChI=1S/C24H28N2O6/c1-5-7-19-10-18(12-21(30-4)24(19)32-15-23(28)29)13-25-26-22(27)14-31-20-9-16(3)8-17(6-2)11-20/h5,8-13H,1,6-7,14-15H2,2-4H3,(H,26,27)(H,28,29)/b25-13+. The number of nitrogens with one attached hydrogen (secondary N) is 1. The Kier molecular flexibility index (Phi) is 9.28. The maximum atomic E-state index is 12.1. The average molecular weight is 440 g/mol. The van der Waals surface area contributed by atoms with Crippen molar-refractivity contribution in [2.45, 2.75) is 26.7 Å². The number of hydrazone groups is 1. The van der Waals surface area contributed by atoms with Gasteiger partial charge >= 0.3 is 5.97 Å². The zero-order chi connectivity index (χ0) is 23.5. The lowest BCUT2D eigenvalue weighted by molar-refractivity contribution is -0.139. The number of allylic oxidation sites excluding steroid dienone is 1. The lowest BCUT2D eigenvalue weighted by atomic mass is 10.1. The van der Waals surface area contributed by atoms with Crippen molar-refractivity contribution in [3.63, 3.8) is 0 Å². The van der Waals surface area contributed by atoms with Crippen LogP contribution >= 0.6 is 0 Å². The highest BCUT2D eigenvalue weighted by molar-refractivity contribution is 5.84. The number of hydrogen-bond donors (Lipinski definition) is 2. The number of aryl methyl sites for hydroxylation is 2. The molecule has 0 saturated heterocycles. The number of rotatable bonds is 12. The van der Waals surface area contributed by atoms with Crippen LogP contribution in [0.4, 0.5) is 0 Å². The van der Waals surface area contributed by atoms with E-state index in [2.05, 4.69) is 30.1 Å². The van der Waals surface area contributed by atoms with E-state index in [4.69, 9.17) is 19.3 Å². The second kappa shape index (κ2) is 12.1. The van der Waals surface area contributed by atoms with Crippen LogP contribution in [0.15, 0.2) is 48.1 Å². The number of aliphatic carboxylic acids is 1. The third-order valence-corrected chi connectivity index (χ3v) is 4.37. The van der Waals surface area contributed by atoms with Gasteiger partial charge < -0.3 is 19.3 Å². The molecule has 0 unspecified atom stereocenters. The number of carboxylic acids is 1. The minimum Gasteiger partial charge on any atom is -0.493 e. The summed E-state index contributed by atoms with van der Waals surface area (Å²) in [6.45, 7) is 7.07. The Morgan fingerprint density at radius 3 is 2.59 bits per heavy atom. The lowest BCUT2D eigenvalue weighted by Gasteiger charge is -2.14. The highest BCUT2D eigenvalue weighted by Crippen LogP contribution is 2.33. The van der Waals surface area contributed by atoms with Crippen molar-refractivity contribution in [3.05, 3.63) is 65.2 Å². The molecule has 0 radical (unpaired) electrons. The molecule has 170 valence electrons. The molecule has 0 saturated carbocycles. The number of amides is 1. The Bertz CT molecular complexity index is 1000. The maximum absolute atomic E-state index is 12.1. The van der Waals surface area contributed by atoms with Gasteiger partial charge in [-0.1, -0.05) is 19.1 Å². The van der Waals surface area contributed by atoms with E-state index in [1.54, 1.807) is 18.2 Å². The molecule has 8 heteroatoms. The van der Waals surface area contributed by atoms with Gasteiger partial charge in [0.15, 0.2) is 24.7 Å². The van der Waals surface area contributed by atoms with E-state index in [1.807, 2.05) is 19.1 Å². The second-order valence-electron chi connectivity index (χ2n) is 6.98. The van der Waals surface area contributed by atoms with E-state index in [1.165, 1.54) is 13.3 Å². The van der Waals surface area contributed by atoms with E-state index in [0.29, 0.717) is 34.8 Å². The Balaban J connectivity index is 2.04. The molecule has 0 aliphatic rings. The van der Waals surface area contributed by atoms with Gasteiger partial charge in [0.05, 0.1) is 13.3 Å². The number of carboxylic acid groups (broad SMARTS) is 1. The molecule has 8 nitrogen and oxygen atoms in total. The SMILES string of the molecule is C=CCc1cc(/C=N/NC(=O)COc2cc(C)cc(CC)c2)cc(OC)c1OCC(=O)O. The fraction of sp³-hybridized carbons (Fsp3) is 0.292. The summed E-state index contributed by atoms with van der Waals surface area (Å²) in [5.41, 5.74) is 5.95. The number of carbonyl (C=O) groups is 2. The zero-order valence-corrected chi connectivity index (χ0v) is 18.5. The molecule has 2 aromatic rings. The highest BCUT2D eigenvalue weighted by Gasteiger charge is 2.14. The van der Waals surface area contributed by atoms with E-state index < -0.39 is 18.5 Å². The number of carbonyl (C=O) groups excluding carboxylic acids is 1. The van der Waals surface area contributed by atoms with Crippen LogP contribution in [0, 0.1) is 6.92 Å². The molecule has 2 N–H and O–H groups in total. The van der Waals surface area contributed by atoms with E-state index >= 15 is 0 Å². The number of methoxy groups -OCH3 is 1. The maximum Gasteiger partial charge on any atom is 0.341 e. The second-order valence-corrected chi connectivity index (χ2v) is 6.98. The highest BCUT2D eigenvalue weighted by atomic mass is 16.5. The molecule has 0 spiro atoms. The van der Waals surface area contributed by atoms with Crippen molar-refractivity contribution in [3.8, 4) is 17.2 Å². The minimum absolute atomic E-state index is 0.170. The molecule has 1 amide bonds. The molecule has 0 aromatic heterocycles. The quantitative estimate of drug-likeness (QED) is 0.298. The molecule has 0 atom stereocenters. The molecular weight excluding hydrogens is 412 g/mol. The molecule has 0 bridgehead atoms. The van der Waals surface area contributed by atoms with Crippen molar-refractivity contribution < 1.29 is 28.9 Å². The summed E-state index contributed by atoms with van der Waals surface area (Å²) in [6, 6.07) is 9.24. The van der Waals surface area contributed by atoms with Crippen LogP contribution < -0.4 is 19.6 Å². The summed E-state index contributed by atoms with van der Waals surface area (Å²) >= 11 is 0. The molecular formula is C24H28N2O6. The fourth-order valence-electron chi connectivity index (χ4n) is 2.99. The van der Waals surface area contributed by atoms with Crippen LogP contribution in [0.3, 0.4) is 0 Å². The molecule has 0 aliphatic heterocycles. The third-order valence-electron chi connectivity index (χ3n) is 4.37. The Hall–Kier alpha value is -3.81. The predicted molar refractivity (Wildman–Crippen MR) is 122 cm³/mol. The van der Waals surface area contributed by atoms with Gasteiger partial charge in [0.2, 0.25) is 0 Å². The molecule has 32 heavy (non-hydrogen) atoms. The first-order chi connectivity index (χ1) is 15.4. The monoisotopic (exact) mass is 440 g/mol. The number of nitrogens with zero attached hydrogens (tertiary/aromatic N) is 1. The van der Waals surface area contributed by atoms with E-state index in [9.17, 15) is 9.59 Å². The van der Waals surface area contributed by atoms with Crippen LogP contribution in [-0.2, 0) is 22.4 Å². The van der Waals surface area contributed by atoms with Gasteiger partial charge in [-0.3, -0.25) is 4.79 Å². The van der Waals surface area contributed by atoms with Crippen LogP contribution in [0.25, 0.3) is 0 Å². The lowest BCUT2D eigenvalue weighted by Crippen LogP contribution is -2.24. The van der Waals surface area contributed by atoms with Gasteiger partial charge in [-0.25, -0.2) is 10.2 Å². The van der Waals surface area contributed by atoms with Crippen LogP contribution in [-0.4, -0.2) is 43.5 Å². The largest absolute Gasteiger partial charge is 0.493 e. The predicted octanol–water partition coefficient (Wildman–Crippen LogP) is 3.29. The number of hydrogen-bond acceptors (Lipinski definition) is 6. The van der Waals surface area contributed by atoms with Crippen LogP contribution in [0.2, 0.25) is 0 Å². The van der Waals surface area contributed by atoms with E-state index in [0.717, 1.165) is 17.5 Å². The number of ether oxygens (including phenoxy) is 3.